The Hall–Kier alpha value is -2.97. The van der Waals surface area contributed by atoms with Crippen LogP contribution in [-0.4, -0.2) is 41.0 Å². The van der Waals surface area contributed by atoms with E-state index in [2.05, 4.69) is 28.6 Å². The third-order valence-corrected chi connectivity index (χ3v) is 9.30. The van der Waals surface area contributed by atoms with Gasteiger partial charge in [0.1, 0.15) is 5.82 Å². The van der Waals surface area contributed by atoms with Gasteiger partial charge in [-0.1, -0.05) is 36.8 Å². The zero-order valence-corrected chi connectivity index (χ0v) is 21.1. The molecule has 1 aliphatic carbocycles. The Balaban J connectivity index is 1.42. The number of carbonyl (C=O) groups is 1. The fourth-order valence-corrected chi connectivity index (χ4v) is 7.11. The Kier molecular flexibility index (Phi) is 6.51. The van der Waals surface area contributed by atoms with Crippen molar-refractivity contribution >= 4 is 21.7 Å². The molecule has 1 amide bonds. The molecule has 2 aliphatic rings. The zero-order valence-electron chi connectivity index (χ0n) is 20.3. The first-order valence-electron chi connectivity index (χ1n) is 12.4. The summed E-state index contributed by atoms with van der Waals surface area (Å²) in [5.41, 5.74) is 3.74. The molecule has 1 aliphatic heterocycles. The Morgan fingerprint density at radius 1 is 1.06 bits per heavy atom. The molecule has 1 aromatic heterocycles. The Morgan fingerprint density at radius 3 is 2.71 bits per heavy atom. The van der Waals surface area contributed by atoms with Gasteiger partial charge in [0.05, 0.1) is 17.1 Å². The molecular formula is C27H32N4O3S. The van der Waals surface area contributed by atoms with Gasteiger partial charge in [-0.05, 0) is 75.3 Å². The topological polar surface area (TPSA) is 84.3 Å². The molecule has 35 heavy (non-hydrogen) atoms. The minimum absolute atomic E-state index is 0.0402. The van der Waals surface area contributed by atoms with Gasteiger partial charge in [0.2, 0.25) is 10.0 Å². The van der Waals surface area contributed by atoms with Crippen LogP contribution in [0.1, 0.15) is 72.1 Å². The highest BCUT2D eigenvalue weighted by molar-refractivity contribution is 7.89. The normalized spacial score (nSPS) is 20.9. The fourth-order valence-electron chi connectivity index (χ4n) is 5.36. The second kappa shape index (κ2) is 9.59. The van der Waals surface area contributed by atoms with Gasteiger partial charge in [-0.2, -0.15) is 9.40 Å². The number of hydrogen-bond acceptors (Lipinski definition) is 4. The number of nitrogens with one attached hydrogen (secondary N) is 1. The number of sulfonamides is 1. The fraction of sp³-hybridized carbons (Fsp3) is 0.407. The van der Waals surface area contributed by atoms with Crippen molar-refractivity contribution < 1.29 is 13.2 Å². The smallest absolute Gasteiger partial charge is 0.256 e. The number of piperidine rings is 1. The highest BCUT2D eigenvalue weighted by Crippen LogP contribution is 2.35. The van der Waals surface area contributed by atoms with Gasteiger partial charge < -0.3 is 5.32 Å². The van der Waals surface area contributed by atoms with Gasteiger partial charge in [-0.3, -0.25) is 4.79 Å². The Labute approximate surface area is 207 Å². The van der Waals surface area contributed by atoms with E-state index in [1.807, 2.05) is 24.6 Å². The van der Waals surface area contributed by atoms with Crippen LogP contribution in [-0.2, 0) is 16.4 Å². The first kappa shape index (κ1) is 23.8. The predicted molar refractivity (Wildman–Crippen MR) is 136 cm³/mol. The van der Waals surface area contributed by atoms with Crippen molar-refractivity contribution in [1.82, 2.24) is 14.1 Å². The summed E-state index contributed by atoms with van der Waals surface area (Å²) < 4.78 is 30.1. The summed E-state index contributed by atoms with van der Waals surface area (Å²) in [6, 6.07) is 14.8. The Morgan fingerprint density at radius 2 is 1.89 bits per heavy atom. The van der Waals surface area contributed by atoms with Crippen LogP contribution in [0.15, 0.2) is 59.6 Å². The first-order valence-corrected chi connectivity index (χ1v) is 13.9. The van der Waals surface area contributed by atoms with E-state index in [0.29, 0.717) is 17.9 Å². The number of aromatic nitrogens is 2. The summed E-state index contributed by atoms with van der Waals surface area (Å²) in [6.07, 6.45) is 7.57. The third-order valence-electron chi connectivity index (χ3n) is 7.29. The molecule has 184 valence electrons. The minimum atomic E-state index is -3.66. The molecule has 3 aromatic rings. The highest BCUT2D eigenvalue weighted by atomic mass is 32.2. The minimum Gasteiger partial charge on any atom is -0.307 e. The van der Waals surface area contributed by atoms with Gasteiger partial charge in [0.25, 0.3) is 5.91 Å². The maximum absolute atomic E-state index is 13.3. The number of fused-ring (bicyclic) bond motifs is 1. The lowest BCUT2D eigenvalue weighted by Gasteiger charge is -2.32. The molecule has 2 aromatic carbocycles. The molecule has 0 spiro atoms. The van der Waals surface area contributed by atoms with Crippen molar-refractivity contribution in [2.24, 2.45) is 0 Å². The number of nitrogens with zero attached hydrogens (tertiary/aromatic N) is 3. The monoisotopic (exact) mass is 492 g/mol. The third kappa shape index (κ3) is 4.52. The van der Waals surface area contributed by atoms with Crippen LogP contribution in [0, 0.1) is 6.92 Å². The number of rotatable bonds is 5. The van der Waals surface area contributed by atoms with Gasteiger partial charge in [-0.25, -0.2) is 13.1 Å². The number of aryl methyl sites for hydroxylation is 2. The standard InChI is InChI=1S/C27H32N4O3S/c1-19-18-28-31(25-15-8-11-21-10-3-4-14-24(21)25)26(19)29-27(32)22-12-7-13-23(17-22)35(33,34)30-16-6-5-9-20(30)2/h3-4,7,10,12-14,17-18,20,25H,5-6,8-9,11,15-16H2,1-2H3,(H,29,32). The molecule has 2 unspecified atom stereocenters. The SMILES string of the molecule is Cc1cnn(C2CCCc3ccccc32)c1NC(=O)c1cccc(S(=O)(=O)N2CCCCC2C)c1. The van der Waals surface area contributed by atoms with E-state index >= 15 is 0 Å². The van der Waals surface area contributed by atoms with Crippen LogP contribution in [0.5, 0.6) is 0 Å². The lowest BCUT2D eigenvalue weighted by Crippen LogP contribution is -2.41. The summed E-state index contributed by atoms with van der Waals surface area (Å²) in [6.45, 7) is 4.38. The van der Waals surface area contributed by atoms with Crippen LogP contribution < -0.4 is 5.32 Å². The summed E-state index contributed by atoms with van der Waals surface area (Å²) in [5.74, 6) is 0.303. The average Bonchev–Trinajstić information content (AvgIpc) is 3.23. The number of anilines is 1. The number of amides is 1. The van der Waals surface area contributed by atoms with E-state index in [9.17, 15) is 13.2 Å². The van der Waals surface area contributed by atoms with E-state index in [1.165, 1.54) is 17.2 Å². The molecule has 1 saturated heterocycles. The maximum atomic E-state index is 13.3. The maximum Gasteiger partial charge on any atom is 0.256 e. The molecule has 5 rings (SSSR count). The molecule has 2 atom stereocenters. The molecule has 7 nitrogen and oxygen atoms in total. The quantitative estimate of drug-likeness (QED) is 0.547. The second-order valence-electron chi connectivity index (χ2n) is 9.67. The van der Waals surface area contributed by atoms with Crippen molar-refractivity contribution in [1.29, 1.82) is 0 Å². The first-order chi connectivity index (χ1) is 16.9. The molecule has 0 radical (unpaired) electrons. The van der Waals surface area contributed by atoms with Crippen LogP contribution in [0.4, 0.5) is 5.82 Å². The van der Waals surface area contributed by atoms with Crippen LogP contribution in [0.2, 0.25) is 0 Å². The summed E-state index contributed by atoms with van der Waals surface area (Å²) in [5, 5.41) is 7.63. The molecule has 8 heteroatoms. The van der Waals surface area contributed by atoms with Crippen LogP contribution in [0.3, 0.4) is 0 Å². The largest absolute Gasteiger partial charge is 0.307 e. The molecule has 0 bridgehead atoms. The highest BCUT2D eigenvalue weighted by Gasteiger charge is 2.31. The average molecular weight is 493 g/mol. The van der Waals surface area contributed by atoms with Crippen molar-refractivity contribution in [2.75, 3.05) is 11.9 Å². The van der Waals surface area contributed by atoms with Crippen LogP contribution >= 0.6 is 0 Å². The molecule has 1 fully saturated rings. The number of benzene rings is 2. The summed E-state index contributed by atoms with van der Waals surface area (Å²) in [7, 11) is -3.66. The van der Waals surface area contributed by atoms with Crippen molar-refractivity contribution in [3.05, 3.63) is 77.0 Å². The molecule has 0 saturated carbocycles. The van der Waals surface area contributed by atoms with Gasteiger partial charge in [-0.15, -0.1) is 0 Å². The summed E-state index contributed by atoms with van der Waals surface area (Å²) in [4.78, 5) is 13.5. The van der Waals surface area contributed by atoms with Gasteiger partial charge in [0, 0.05) is 23.7 Å². The van der Waals surface area contributed by atoms with Gasteiger partial charge in [0.15, 0.2) is 0 Å². The van der Waals surface area contributed by atoms with Gasteiger partial charge >= 0.3 is 0 Å². The van der Waals surface area contributed by atoms with Crippen molar-refractivity contribution in [3.8, 4) is 0 Å². The van der Waals surface area contributed by atoms with Crippen molar-refractivity contribution in [2.45, 2.75) is 69.4 Å². The summed E-state index contributed by atoms with van der Waals surface area (Å²) >= 11 is 0. The lowest BCUT2D eigenvalue weighted by atomic mass is 9.88. The van der Waals surface area contributed by atoms with Crippen molar-refractivity contribution in [3.63, 3.8) is 0 Å². The molecule has 1 N–H and O–H groups in total. The van der Waals surface area contributed by atoms with E-state index in [4.69, 9.17) is 0 Å². The van der Waals surface area contributed by atoms with Crippen LogP contribution in [0.25, 0.3) is 0 Å². The zero-order chi connectivity index (χ0) is 24.6. The Bertz CT molecular complexity index is 1350. The lowest BCUT2D eigenvalue weighted by molar-refractivity contribution is 0.102. The van der Waals surface area contributed by atoms with E-state index in [0.717, 1.165) is 44.1 Å². The predicted octanol–water partition coefficient (Wildman–Crippen LogP) is 4.93. The number of hydrogen-bond donors (Lipinski definition) is 1. The molecular weight excluding hydrogens is 460 g/mol. The van der Waals surface area contributed by atoms with E-state index < -0.39 is 10.0 Å². The van der Waals surface area contributed by atoms with E-state index in [-0.39, 0.29) is 22.9 Å². The van der Waals surface area contributed by atoms with E-state index in [1.54, 1.807) is 28.7 Å². The second-order valence-corrected chi connectivity index (χ2v) is 11.6. The molecule has 2 heterocycles. The number of carbonyl (C=O) groups excluding carboxylic acids is 1.